The van der Waals surface area contributed by atoms with E-state index in [1.54, 1.807) is 17.7 Å². The highest BCUT2D eigenvalue weighted by molar-refractivity contribution is 7.19. The number of fused-ring (bicyclic) bond motifs is 3. The summed E-state index contributed by atoms with van der Waals surface area (Å²) in [5.41, 5.74) is 0.428. The van der Waals surface area contributed by atoms with E-state index in [2.05, 4.69) is 27.1 Å². The van der Waals surface area contributed by atoms with Crippen molar-refractivity contribution >= 4 is 27.6 Å². The average molecular weight is 443 g/mol. The Morgan fingerprint density at radius 1 is 1.32 bits per heavy atom. The second-order valence-electron chi connectivity index (χ2n) is 9.88. The van der Waals surface area contributed by atoms with Crippen molar-refractivity contribution in [1.29, 1.82) is 0 Å². The van der Waals surface area contributed by atoms with E-state index in [0.29, 0.717) is 12.4 Å². The number of thiophene rings is 1. The zero-order valence-corrected chi connectivity index (χ0v) is 19.5. The van der Waals surface area contributed by atoms with Crippen molar-refractivity contribution in [2.75, 3.05) is 6.54 Å². The van der Waals surface area contributed by atoms with Gasteiger partial charge in [0.25, 0.3) is 0 Å². The molecular formula is C23H30N4O3S. The van der Waals surface area contributed by atoms with E-state index >= 15 is 0 Å². The van der Waals surface area contributed by atoms with Gasteiger partial charge >= 0.3 is 6.09 Å². The molecule has 2 aliphatic rings. The molecule has 1 amide bonds. The van der Waals surface area contributed by atoms with Gasteiger partial charge in [0, 0.05) is 10.4 Å². The largest absolute Gasteiger partial charge is 0.474 e. The minimum atomic E-state index is -0.509. The van der Waals surface area contributed by atoms with Crippen molar-refractivity contribution in [1.82, 2.24) is 15.3 Å². The molecular weight excluding hydrogens is 412 g/mol. The molecule has 0 bridgehead atoms. The highest BCUT2D eigenvalue weighted by atomic mass is 32.1. The van der Waals surface area contributed by atoms with E-state index in [0.717, 1.165) is 48.7 Å². The first-order valence-electron chi connectivity index (χ1n) is 10.9. The molecule has 2 heterocycles. The molecule has 0 aromatic carbocycles. The smallest absolute Gasteiger partial charge is 0.408 e. The van der Waals surface area contributed by atoms with Gasteiger partial charge in [0.1, 0.15) is 22.9 Å². The summed E-state index contributed by atoms with van der Waals surface area (Å²) in [6, 6.07) is 0. The fourth-order valence-corrected chi connectivity index (χ4v) is 5.83. The third-order valence-electron chi connectivity index (χ3n) is 6.12. The topological polar surface area (TPSA) is 77.7 Å². The molecule has 4 rings (SSSR count). The van der Waals surface area contributed by atoms with Crippen molar-refractivity contribution in [3.05, 3.63) is 28.2 Å². The van der Waals surface area contributed by atoms with Crippen LogP contribution in [0, 0.1) is 6.57 Å². The number of rotatable bonds is 4. The lowest BCUT2D eigenvalue weighted by molar-refractivity contribution is 0.0386. The molecule has 7 nitrogen and oxygen atoms in total. The van der Waals surface area contributed by atoms with Gasteiger partial charge in [0.05, 0.1) is 11.3 Å². The van der Waals surface area contributed by atoms with Gasteiger partial charge in [-0.2, -0.15) is 0 Å². The lowest BCUT2D eigenvalue weighted by atomic mass is 9.82. The molecule has 1 fully saturated rings. The van der Waals surface area contributed by atoms with Gasteiger partial charge in [0.2, 0.25) is 12.4 Å². The number of nitrogens with one attached hydrogen (secondary N) is 1. The maximum Gasteiger partial charge on any atom is 0.408 e. The van der Waals surface area contributed by atoms with E-state index in [1.807, 2.05) is 20.8 Å². The zero-order valence-electron chi connectivity index (χ0n) is 18.7. The Morgan fingerprint density at radius 2 is 2.06 bits per heavy atom. The molecule has 1 saturated carbocycles. The average Bonchev–Trinajstić information content (AvgIpc) is 3.22. The molecule has 0 saturated heterocycles. The van der Waals surface area contributed by atoms with Crippen LogP contribution in [0.4, 0.5) is 4.79 Å². The minimum absolute atomic E-state index is 0.0443. The van der Waals surface area contributed by atoms with Crippen LogP contribution in [0.1, 0.15) is 76.2 Å². The predicted molar refractivity (Wildman–Crippen MR) is 121 cm³/mol. The van der Waals surface area contributed by atoms with Crippen LogP contribution in [0.15, 0.2) is 6.33 Å². The summed E-state index contributed by atoms with van der Waals surface area (Å²) in [6.07, 6.45) is 6.56. The third-order valence-corrected chi connectivity index (χ3v) is 7.30. The molecule has 8 heteroatoms. The lowest BCUT2D eigenvalue weighted by Crippen LogP contribution is -2.51. The maximum atomic E-state index is 12.2. The SMILES string of the molecule is [C-]#[N+]C[C@H]1CCc2sc3ncnc(OC4CCC(C)(NC(=O)OC(C)(C)C)CC4)c3c21. The lowest BCUT2D eigenvalue weighted by Gasteiger charge is -2.38. The van der Waals surface area contributed by atoms with Crippen molar-refractivity contribution in [3.63, 3.8) is 0 Å². The van der Waals surface area contributed by atoms with E-state index in [1.165, 1.54) is 10.4 Å². The Kier molecular flexibility index (Phi) is 5.82. The fourth-order valence-electron chi connectivity index (χ4n) is 4.60. The number of carbonyl (C=O) groups is 1. The van der Waals surface area contributed by atoms with E-state index in [4.69, 9.17) is 16.0 Å². The molecule has 0 unspecified atom stereocenters. The molecule has 2 aromatic rings. The Labute approximate surface area is 187 Å². The number of hydrogen-bond donors (Lipinski definition) is 1. The molecule has 0 radical (unpaired) electrons. The molecule has 2 aliphatic carbocycles. The first-order valence-corrected chi connectivity index (χ1v) is 11.8. The van der Waals surface area contributed by atoms with Gasteiger partial charge in [-0.15, -0.1) is 11.3 Å². The summed E-state index contributed by atoms with van der Waals surface area (Å²) >= 11 is 1.71. The van der Waals surface area contributed by atoms with Crippen molar-refractivity contribution in [3.8, 4) is 5.88 Å². The fraction of sp³-hybridized carbons (Fsp3) is 0.652. The molecule has 2 aromatic heterocycles. The Bertz CT molecular complexity index is 1010. The maximum absolute atomic E-state index is 12.2. The molecule has 31 heavy (non-hydrogen) atoms. The molecule has 1 atom stereocenters. The van der Waals surface area contributed by atoms with E-state index in [9.17, 15) is 4.79 Å². The van der Waals surface area contributed by atoms with Crippen LogP contribution in [0.3, 0.4) is 0 Å². The van der Waals surface area contributed by atoms with Gasteiger partial charge in [-0.1, -0.05) is 0 Å². The summed E-state index contributed by atoms with van der Waals surface area (Å²) < 4.78 is 11.8. The van der Waals surface area contributed by atoms with Crippen molar-refractivity contribution in [2.45, 2.75) is 89.4 Å². The number of ether oxygens (including phenoxy) is 2. The first-order chi connectivity index (χ1) is 14.7. The van der Waals surface area contributed by atoms with Gasteiger partial charge in [-0.25, -0.2) is 21.3 Å². The van der Waals surface area contributed by atoms with Crippen LogP contribution in [0.5, 0.6) is 5.88 Å². The third kappa shape index (κ3) is 4.77. The number of carbonyl (C=O) groups excluding carboxylic acids is 1. The Morgan fingerprint density at radius 3 is 2.74 bits per heavy atom. The number of hydrogen-bond acceptors (Lipinski definition) is 6. The van der Waals surface area contributed by atoms with Gasteiger partial charge in [0.15, 0.2) is 0 Å². The highest BCUT2D eigenvalue weighted by Crippen LogP contribution is 2.46. The number of alkyl carbamates (subject to hydrolysis) is 1. The summed E-state index contributed by atoms with van der Waals surface area (Å²) in [5, 5.41) is 4.05. The van der Waals surface area contributed by atoms with Crippen LogP contribution < -0.4 is 10.1 Å². The van der Waals surface area contributed by atoms with Crippen molar-refractivity contribution < 1.29 is 14.3 Å². The predicted octanol–water partition coefficient (Wildman–Crippen LogP) is 5.25. The number of nitrogens with zero attached hydrogens (tertiary/aromatic N) is 3. The molecule has 1 N–H and O–H groups in total. The minimum Gasteiger partial charge on any atom is -0.474 e. The summed E-state index contributed by atoms with van der Waals surface area (Å²) in [4.78, 5) is 27.1. The summed E-state index contributed by atoms with van der Waals surface area (Å²) in [7, 11) is 0. The quantitative estimate of drug-likeness (QED) is 0.655. The summed E-state index contributed by atoms with van der Waals surface area (Å²) in [5.74, 6) is 0.898. The Hall–Kier alpha value is -2.40. The summed E-state index contributed by atoms with van der Waals surface area (Å²) in [6.45, 7) is 15.5. The highest BCUT2D eigenvalue weighted by Gasteiger charge is 2.36. The monoisotopic (exact) mass is 442 g/mol. The van der Waals surface area contributed by atoms with Gasteiger partial charge in [-0.05, 0) is 71.8 Å². The van der Waals surface area contributed by atoms with Gasteiger partial charge < -0.3 is 19.6 Å². The number of amides is 1. The van der Waals surface area contributed by atoms with Crippen molar-refractivity contribution in [2.24, 2.45) is 0 Å². The van der Waals surface area contributed by atoms with Crippen LogP contribution in [-0.4, -0.2) is 39.8 Å². The van der Waals surface area contributed by atoms with Gasteiger partial charge in [-0.3, -0.25) is 0 Å². The molecule has 0 spiro atoms. The number of aryl methyl sites for hydroxylation is 1. The van der Waals surface area contributed by atoms with Crippen LogP contribution in [0.2, 0.25) is 0 Å². The molecule has 0 aliphatic heterocycles. The van der Waals surface area contributed by atoms with E-state index in [-0.39, 0.29) is 23.7 Å². The van der Waals surface area contributed by atoms with Crippen LogP contribution in [0.25, 0.3) is 15.1 Å². The first kappa shape index (κ1) is 21.8. The molecule has 166 valence electrons. The van der Waals surface area contributed by atoms with E-state index < -0.39 is 5.60 Å². The standard InChI is InChI=1S/C23H30N4O3S/c1-22(2,3)30-21(28)27-23(4)10-8-15(9-11-23)29-19-18-17-14(12-24-5)6-7-16(17)31-20(18)26-13-25-19/h13-15H,6-12H2,1-4H3,(H,27,28)/t14-,15?,23?/m1/s1. The second kappa shape index (κ2) is 8.27. The van der Waals surface area contributed by atoms with Crippen LogP contribution in [-0.2, 0) is 11.2 Å². The second-order valence-corrected chi connectivity index (χ2v) is 11.0. The van der Waals surface area contributed by atoms with Crippen LogP contribution >= 0.6 is 11.3 Å². The normalized spacial score (nSPS) is 25.6. The number of aromatic nitrogens is 2. The zero-order chi connectivity index (χ0) is 22.2. The Balaban J connectivity index is 1.45.